The Labute approximate surface area is 138 Å². The van der Waals surface area contributed by atoms with E-state index in [9.17, 15) is 4.79 Å². The molecule has 1 amide bonds. The lowest BCUT2D eigenvalue weighted by atomic mass is 10.00. The highest BCUT2D eigenvalue weighted by Crippen LogP contribution is 2.20. The first-order chi connectivity index (χ1) is 10.9. The van der Waals surface area contributed by atoms with Crippen molar-refractivity contribution < 1.29 is 9.53 Å². The Morgan fingerprint density at radius 2 is 1.83 bits per heavy atom. The molecule has 0 saturated carbocycles. The number of nitrogens with one attached hydrogen (secondary N) is 1. The van der Waals surface area contributed by atoms with E-state index in [-0.39, 0.29) is 11.9 Å². The van der Waals surface area contributed by atoms with Crippen LogP contribution in [0.4, 0.5) is 0 Å². The van der Waals surface area contributed by atoms with E-state index in [0.717, 1.165) is 22.4 Å². The number of benzene rings is 2. The molecule has 2 aromatic carbocycles. The van der Waals surface area contributed by atoms with Crippen molar-refractivity contribution in [3.05, 3.63) is 64.2 Å². The number of hydrogen-bond acceptors (Lipinski definition) is 2. The maximum atomic E-state index is 12.3. The number of rotatable bonds is 5. The lowest BCUT2D eigenvalue weighted by Crippen LogP contribution is -2.28. The van der Waals surface area contributed by atoms with Gasteiger partial charge in [0.1, 0.15) is 5.75 Å². The fourth-order valence-electron chi connectivity index (χ4n) is 2.92. The molecule has 0 fully saturated rings. The summed E-state index contributed by atoms with van der Waals surface area (Å²) in [5.41, 5.74) is 5.64. The molecule has 122 valence electrons. The topological polar surface area (TPSA) is 38.3 Å². The highest BCUT2D eigenvalue weighted by molar-refractivity contribution is 5.79. The van der Waals surface area contributed by atoms with Gasteiger partial charge in [-0.25, -0.2) is 0 Å². The van der Waals surface area contributed by atoms with Crippen molar-refractivity contribution in [3.63, 3.8) is 0 Å². The van der Waals surface area contributed by atoms with Crippen LogP contribution in [-0.2, 0) is 11.2 Å². The Bertz CT molecular complexity index is 707. The smallest absolute Gasteiger partial charge is 0.224 e. The van der Waals surface area contributed by atoms with Gasteiger partial charge in [0, 0.05) is 0 Å². The van der Waals surface area contributed by atoms with Gasteiger partial charge >= 0.3 is 0 Å². The first kappa shape index (κ1) is 17.1. The predicted molar refractivity (Wildman–Crippen MR) is 93.9 cm³/mol. The van der Waals surface area contributed by atoms with Gasteiger partial charge in [0.15, 0.2) is 0 Å². The number of hydrogen-bond donors (Lipinski definition) is 1. The first-order valence-electron chi connectivity index (χ1n) is 7.90. The maximum absolute atomic E-state index is 12.3. The molecule has 0 heterocycles. The Morgan fingerprint density at radius 1 is 1.09 bits per heavy atom. The van der Waals surface area contributed by atoms with E-state index >= 15 is 0 Å². The SMILES string of the molecule is COc1ccc(CC(=O)NC(C)c2ccc(C)cc2C)cc1C. The molecule has 3 heteroatoms. The number of amides is 1. The fourth-order valence-corrected chi connectivity index (χ4v) is 2.92. The van der Waals surface area contributed by atoms with Crippen molar-refractivity contribution in [2.24, 2.45) is 0 Å². The second-order valence-corrected chi connectivity index (χ2v) is 6.13. The van der Waals surface area contributed by atoms with Crippen LogP contribution < -0.4 is 10.1 Å². The van der Waals surface area contributed by atoms with E-state index in [1.807, 2.05) is 32.0 Å². The van der Waals surface area contributed by atoms with Crippen molar-refractivity contribution in [1.29, 1.82) is 0 Å². The van der Waals surface area contributed by atoms with E-state index in [2.05, 4.69) is 37.4 Å². The third kappa shape index (κ3) is 4.35. The quantitative estimate of drug-likeness (QED) is 0.905. The summed E-state index contributed by atoms with van der Waals surface area (Å²) in [6, 6.07) is 12.2. The van der Waals surface area contributed by atoms with Crippen molar-refractivity contribution >= 4 is 5.91 Å². The highest BCUT2D eigenvalue weighted by Gasteiger charge is 2.12. The maximum Gasteiger partial charge on any atom is 0.224 e. The molecule has 0 aromatic heterocycles. The summed E-state index contributed by atoms with van der Waals surface area (Å²) in [4.78, 5) is 12.3. The minimum Gasteiger partial charge on any atom is -0.496 e. The fraction of sp³-hybridized carbons (Fsp3) is 0.350. The molecule has 0 aliphatic heterocycles. The largest absolute Gasteiger partial charge is 0.496 e. The van der Waals surface area contributed by atoms with Crippen LogP contribution in [0.25, 0.3) is 0 Å². The summed E-state index contributed by atoms with van der Waals surface area (Å²) in [5, 5.41) is 3.08. The lowest BCUT2D eigenvalue weighted by Gasteiger charge is -2.17. The number of methoxy groups -OCH3 is 1. The second-order valence-electron chi connectivity index (χ2n) is 6.13. The molecule has 2 rings (SSSR count). The van der Waals surface area contributed by atoms with Crippen LogP contribution in [0.5, 0.6) is 5.75 Å². The monoisotopic (exact) mass is 311 g/mol. The third-order valence-electron chi connectivity index (χ3n) is 4.09. The molecule has 1 N–H and O–H groups in total. The highest BCUT2D eigenvalue weighted by atomic mass is 16.5. The summed E-state index contributed by atoms with van der Waals surface area (Å²) in [6.45, 7) is 8.16. The number of carbonyl (C=O) groups excluding carboxylic acids is 1. The Morgan fingerprint density at radius 3 is 2.43 bits per heavy atom. The molecule has 23 heavy (non-hydrogen) atoms. The van der Waals surface area contributed by atoms with Gasteiger partial charge in [0.25, 0.3) is 0 Å². The molecule has 0 radical (unpaired) electrons. The average molecular weight is 311 g/mol. The van der Waals surface area contributed by atoms with Gasteiger partial charge in [-0.15, -0.1) is 0 Å². The van der Waals surface area contributed by atoms with Gasteiger partial charge in [-0.3, -0.25) is 4.79 Å². The molecule has 0 saturated heterocycles. The van der Waals surface area contributed by atoms with Crippen LogP contribution in [0.2, 0.25) is 0 Å². The summed E-state index contributed by atoms with van der Waals surface area (Å²) < 4.78 is 5.25. The Balaban J connectivity index is 2.02. The summed E-state index contributed by atoms with van der Waals surface area (Å²) in [5.74, 6) is 0.875. The first-order valence-corrected chi connectivity index (χ1v) is 7.90. The molecule has 0 aliphatic carbocycles. The van der Waals surface area contributed by atoms with Crippen LogP contribution in [0, 0.1) is 20.8 Å². The zero-order valence-corrected chi connectivity index (χ0v) is 14.6. The lowest BCUT2D eigenvalue weighted by molar-refractivity contribution is -0.121. The van der Waals surface area contributed by atoms with Crippen molar-refractivity contribution in [1.82, 2.24) is 5.32 Å². The van der Waals surface area contributed by atoms with Gasteiger partial charge in [-0.2, -0.15) is 0 Å². The number of carbonyl (C=O) groups is 1. The van der Waals surface area contributed by atoms with E-state index in [0.29, 0.717) is 6.42 Å². The van der Waals surface area contributed by atoms with Crippen LogP contribution in [0.3, 0.4) is 0 Å². The van der Waals surface area contributed by atoms with Gasteiger partial charge in [0.05, 0.1) is 19.6 Å². The third-order valence-corrected chi connectivity index (χ3v) is 4.09. The standard InChI is InChI=1S/C20H25NO2/c1-13-6-8-18(14(2)10-13)16(4)21-20(22)12-17-7-9-19(23-5)15(3)11-17/h6-11,16H,12H2,1-5H3,(H,21,22). The molecule has 2 aromatic rings. The molecule has 3 nitrogen and oxygen atoms in total. The van der Waals surface area contributed by atoms with Crippen molar-refractivity contribution in [2.75, 3.05) is 7.11 Å². The van der Waals surface area contributed by atoms with Crippen LogP contribution in [0.15, 0.2) is 36.4 Å². The van der Waals surface area contributed by atoms with Gasteiger partial charge in [-0.05, 0) is 56.0 Å². The van der Waals surface area contributed by atoms with Crippen LogP contribution in [0.1, 0.15) is 40.8 Å². The average Bonchev–Trinajstić information content (AvgIpc) is 2.47. The minimum atomic E-state index is 0.00226. The van der Waals surface area contributed by atoms with Gasteiger partial charge < -0.3 is 10.1 Å². The van der Waals surface area contributed by atoms with Crippen LogP contribution >= 0.6 is 0 Å². The van der Waals surface area contributed by atoms with Crippen molar-refractivity contribution in [3.8, 4) is 5.75 Å². The normalized spacial score (nSPS) is 11.9. The Hall–Kier alpha value is -2.29. The summed E-state index contributed by atoms with van der Waals surface area (Å²) >= 11 is 0. The Kier molecular flexibility index (Phi) is 5.43. The number of ether oxygens (including phenoxy) is 1. The van der Waals surface area contributed by atoms with Gasteiger partial charge in [-0.1, -0.05) is 35.9 Å². The van der Waals surface area contributed by atoms with E-state index in [1.165, 1.54) is 11.1 Å². The zero-order chi connectivity index (χ0) is 17.0. The van der Waals surface area contributed by atoms with E-state index in [4.69, 9.17) is 4.74 Å². The minimum absolute atomic E-state index is 0.00226. The van der Waals surface area contributed by atoms with Gasteiger partial charge in [0.2, 0.25) is 5.91 Å². The van der Waals surface area contributed by atoms with Crippen molar-refractivity contribution in [2.45, 2.75) is 40.2 Å². The molecule has 1 unspecified atom stereocenters. The zero-order valence-electron chi connectivity index (χ0n) is 14.6. The molecule has 0 bridgehead atoms. The van der Waals surface area contributed by atoms with E-state index in [1.54, 1.807) is 7.11 Å². The van der Waals surface area contributed by atoms with E-state index < -0.39 is 0 Å². The summed E-state index contributed by atoms with van der Waals surface area (Å²) in [7, 11) is 1.65. The summed E-state index contributed by atoms with van der Waals surface area (Å²) in [6.07, 6.45) is 0.375. The second kappa shape index (κ2) is 7.32. The molecule has 0 aliphatic rings. The molecule has 0 spiro atoms. The molecule has 1 atom stereocenters. The van der Waals surface area contributed by atoms with Crippen LogP contribution in [-0.4, -0.2) is 13.0 Å². The number of aryl methyl sites for hydroxylation is 3. The predicted octanol–water partition coefficient (Wildman–Crippen LogP) is 4.04. The molecular weight excluding hydrogens is 286 g/mol. The molecular formula is C20H25NO2.